The average Bonchev–Trinajstić information content (AvgIpc) is 3.76. The van der Waals surface area contributed by atoms with Gasteiger partial charge < -0.3 is 72.1 Å². The maximum atomic E-state index is 11.5. The molecule has 0 spiro atoms. The summed E-state index contributed by atoms with van der Waals surface area (Å²) in [5.74, 6) is 0. The molecule has 5 saturated heterocycles. The molecule has 0 aliphatic carbocycles. The van der Waals surface area contributed by atoms with Crippen LogP contribution >= 0.6 is 15.6 Å². The summed E-state index contributed by atoms with van der Waals surface area (Å²) in [5.41, 5.74) is 3.96. The molecule has 0 aromatic rings. The summed E-state index contributed by atoms with van der Waals surface area (Å²) in [6.07, 6.45) is -1.52. The third-order valence-corrected chi connectivity index (χ3v) is 10.8. The Morgan fingerprint density at radius 1 is 0.860 bits per heavy atom. The summed E-state index contributed by atoms with van der Waals surface area (Å²) in [6, 6.07) is -2.15. The molecule has 18 nitrogen and oxygen atoms in total. The molecule has 24 heteroatoms. The largest absolute Gasteiger partial charge is 0.766 e. The minimum absolute atomic E-state index is 0.0528. The maximum absolute atomic E-state index is 11.5. The van der Waals surface area contributed by atoms with Crippen molar-refractivity contribution in [3.63, 3.8) is 0 Å². The minimum Gasteiger partial charge on any atom is -0.766 e. The second-order valence-corrected chi connectivity index (χ2v) is 18.1. The van der Waals surface area contributed by atoms with Crippen molar-refractivity contribution < 1.29 is 81.2 Å². The van der Waals surface area contributed by atoms with Crippen LogP contribution in [0.4, 0.5) is 0 Å². The zero-order chi connectivity index (χ0) is 43.2. The average molecular weight is 849 g/mol. The highest BCUT2D eigenvalue weighted by molar-refractivity contribution is 7.49. The highest BCUT2D eigenvalue weighted by Gasteiger charge is 2.48. The summed E-state index contributed by atoms with van der Waals surface area (Å²) in [5, 5.41) is 11.8. The van der Waals surface area contributed by atoms with Crippen molar-refractivity contribution in [2.24, 2.45) is 0 Å². The summed E-state index contributed by atoms with van der Waals surface area (Å²) in [6.45, 7) is 18.2. The van der Waals surface area contributed by atoms with Gasteiger partial charge in [-0.2, -0.15) is 0 Å². The van der Waals surface area contributed by atoms with Crippen LogP contribution in [0.2, 0.25) is 0 Å². The number of aliphatic hydroxyl groups is 1. The monoisotopic (exact) mass is 849 g/mol. The fourth-order valence-electron chi connectivity index (χ4n) is 5.99. The van der Waals surface area contributed by atoms with Crippen molar-refractivity contribution in [3.05, 3.63) is 0 Å². The van der Waals surface area contributed by atoms with E-state index in [0.717, 1.165) is 6.42 Å². The lowest BCUT2D eigenvalue weighted by atomic mass is 9.93. The molecule has 5 N–H and O–H groups in total. The second-order valence-electron chi connectivity index (χ2n) is 15.2. The predicted molar refractivity (Wildman–Crippen MR) is 207 cm³/mol. The molecular formula is C33H63B4N2O16P2-. The lowest BCUT2D eigenvalue weighted by molar-refractivity contribution is -0.428. The summed E-state index contributed by atoms with van der Waals surface area (Å²) < 4.78 is 79.7. The van der Waals surface area contributed by atoms with Crippen LogP contribution in [0, 0.1) is 0 Å². The highest BCUT2D eigenvalue weighted by atomic mass is 31.2. The molecule has 2 bridgehead atoms. The van der Waals surface area contributed by atoms with Crippen LogP contribution in [0.5, 0.6) is 0 Å². The fourth-order valence-corrected chi connectivity index (χ4v) is 8.01. The van der Waals surface area contributed by atoms with Gasteiger partial charge >= 0.3 is 0 Å². The zero-order valence-electron chi connectivity index (χ0n) is 34.7. The Labute approximate surface area is 344 Å². The second kappa shape index (κ2) is 25.3. The number of phosphoric ester groups is 1. The first-order valence-electron chi connectivity index (χ1n) is 19.5. The Balaban J connectivity index is 0.000000267. The number of hydrogen-bond donors (Lipinski definition) is 3. The van der Waals surface area contributed by atoms with Gasteiger partial charge in [-0.3, -0.25) is 14.2 Å². The number of ether oxygens (including phenoxy) is 8. The van der Waals surface area contributed by atoms with Gasteiger partial charge in [0.25, 0.3) is 7.82 Å². The number of aliphatic hydroxyl groups excluding tert-OH is 1. The Kier molecular flexibility index (Phi) is 23.6. The van der Waals surface area contributed by atoms with Gasteiger partial charge in [0.05, 0.1) is 69.7 Å². The first kappa shape index (κ1) is 53.2. The molecule has 5 rings (SSSR count). The molecule has 5 heterocycles. The van der Waals surface area contributed by atoms with E-state index in [2.05, 4.69) is 19.9 Å². The van der Waals surface area contributed by atoms with E-state index in [1.54, 1.807) is 6.92 Å². The number of quaternary nitrogens is 1. The quantitative estimate of drug-likeness (QED) is 0.136. The molecule has 5 aliphatic heterocycles. The molecular weight excluding hydrogens is 786 g/mol. The van der Waals surface area contributed by atoms with Gasteiger partial charge in [0, 0.05) is 36.5 Å². The Morgan fingerprint density at radius 3 is 1.91 bits per heavy atom. The lowest BCUT2D eigenvalue weighted by Crippen LogP contribution is -2.65. The molecule has 8 radical (unpaired) electrons. The lowest BCUT2D eigenvalue weighted by Gasteiger charge is -2.29. The topological polar surface area (TPSA) is 242 Å². The maximum Gasteiger partial charge on any atom is 0.268 e. The number of phosphoric acid groups is 1. The van der Waals surface area contributed by atoms with Crippen LogP contribution < -0.4 is 20.6 Å². The van der Waals surface area contributed by atoms with Gasteiger partial charge in [-0.1, -0.05) is 0 Å². The normalized spacial score (nSPS) is 38.6. The highest BCUT2D eigenvalue weighted by Crippen LogP contribution is 2.47. The zero-order valence-corrected chi connectivity index (χ0v) is 36.5. The van der Waals surface area contributed by atoms with Gasteiger partial charge in [0.15, 0.2) is 0 Å². The van der Waals surface area contributed by atoms with Crippen LogP contribution in [0.1, 0.15) is 75.2 Å². The van der Waals surface area contributed by atoms with E-state index in [9.17, 15) is 24.0 Å². The number of rotatable bonds is 14. The smallest absolute Gasteiger partial charge is 0.268 e. The van der Waals surface area contributed by atoms with Gasteiger partial charge in [-0.05, 0) is 68.7 Å². The Morgan fingerprint density at radius 2 is 1.42 bits per heavy atom. The molecule has 5 aliphatic rings. The first-order valence-corrected chi connectivity index (χ1v) is 22.5. The van der Waals surface area contributed by atoms with Gasteiger partial charge in [-0.25, -0.2) is 0 Å². The minimum atomic E-state index is -4.28. The van der Waals surface area contributed by atoms with Gasteiger partial charge in [-0.15, -0.1) is 0 Å². The van der Waals surface area contributed by atoms with Crippen LogP contribution in [-0.4, -0.2) is 173 Å². The molecule has 0 aromatic carbocycles. The van der Waals surface area contributed by atoms with E-state index in [1.807, 2.05) is 55.4 Å². The summed E-state index contributed by atoms with van der Waals surface area (Å²) >= 11 is 0. The van der Waals surface area contributed by atoms with Crippen molar-refractivity contribution in [2.45, 2.75) is 178 Å². The molecule has 0 amide bonds. The third-order valence-electron chi connectivity index (χ3n) is 8.55. The first-order chi connectivity index (χ1) is 26.4. The van der Waals surface area contributed by atoms with E-state index < -0.39 is 64.0 Å². The van der Waals surface area contributed by atoms with E-state index >= 15 is 0 Å². The Bertz CT molecular complexity index is 1240. The molecule has 0 saturated carbocycles. The van der Waals surface area contributed by atoms with Crippen LogP contribution in [-0.2, 0) is 60.6 Å². The third kappa shape index (κ3) is 19.8. The summed E-state index contributed by atoms with van der Waals surface area (Å²) in [7, 11) is 14.0. The summed E-state index contributed by atoms with van der Waals surface area (Å²) in [4.78, 5) is 22.8. The van der Waals surface area contributed by atoms with E-state index in [-0.39, 0.29) is 68.0 Å². The van der Waals surface area contributed by atoms with Crippen LogP contribution in [0.15, 0.2) is 0 Å². The van der Waals surface area contributed by atoms with Gasteiger partial charge in [0.2, 0.25) is 7.75 Å². The van der Waals surface area contributed by atoms with Crippen molar-refractivity contribution in [3.8, 4) is 0 Å². The molecule has 0 aromatic heterocycles. The van der Waals surface area contributed by atoms with Crippen molar-refractivity contribution in [1.29, 1.82) is 0 Å². The molecule has 15 atom stereocenters. The number of nitrogens with one attached hydrogen (secondary N) is 1. The SMILES string of the molecule is [B][C@@H]1OCC(OC(C)C)[C@H]1O.[B][C@@H]1O[C@@H]2COP(=O)([O-])O[C@@H]1C2OC(C)C.[B][C@H]1CC(NP(=O)([O-])OCC)[C@@H](COC(C)C)O1.[B][C@H]1CC([NH3+])[C@@H](COC(C)C)O1. The van der Waals surface area contributed by atoms with E-state index in [0.29, 0.717) is 26.2 Å². The van der Waals surface area contributed by atoms with Crippen molar-refractivity contribution in [1.82, 2.24) is 5.09 Å². The van der Waals surface area contributed by atoms with E-state index in [4.69, 9.17) is 73.8 Å². The molecule has 324 valence electrons. The fraction of sp³-hybridized carbons (Fsp3) is 1.00. The van der Waals surface area contributed by atoms with Crippen molar-refractivity contribution >= 4 is 47.0 Å². The number of fused-ring (bicyclic) bond motifs is 2. The molecule has 5 fully saturated rings. The van der Waals surface area contributed by atoms with Gasteiger partial charge in [0.1, 0.15) is 67.9 Å². The Hall–Kier alpha value is 0.0797. The molecule has 6 unspecified atom stereocenters. The van der Waals surface area contributed by atoms with Crippen molar-refractivity contribution in [2.75, 3.05) is 33.0 Å². The van der Waals surface area contributed by atoms with Crippen LogP contribution in [0.3, 0.4) is 0 Å². The van der Waals surface area contributed by atoms with E-state index in [1.165, 1.54) is 0 Å². The number of hydrogen-bond acceptors (Lipinski definition) is 16. The standard InChI is InChI=1S/C10H21BNO5P.C8H16BNO2.C8H14BO6P.C7H13BO3/c1-4-16-18(13,14)12-8-5-10(11)17-9(8)6-15-7(2)3;1-5(2)11-4-7-6(10)3-8(9)12-7;1-4(2)13-6-5-3-12-16(10,11)15-7(6)8(9)14-5;1-4(2)11-5-3-10-7(8)6(5)9/h7-10H,4-6H2,1-3H3,(H2,12,13,14);5-8H,3-4,10H2,1-2H3;4-8H,3H2,1-2H3,(H,10,11);4-7,9H,3H2,1-2H3/p-1/t8?,9-,10-;6?,7-,8-;5-,6?,7-,8-;5?,6-,7-/m1111/s1. The predicted octanol–water partition coefficient (Wildman–Crippen LogP) is -1.31. The molecule has 57 heavy (non-hydrogen) atoms. The van der Waals surface area contributed by atoms with Crippen LogP contribution in [0.25, 0.3) is 0 Å².